The molecule has 2 bridgehead atoms. The molecule has 5 rings (SSSR count). The van der Waals surface area contributed by atoms with E-state index in [2.05, 4.69) is 12.1 Å². The highest BCUT2D eigenvalue weighted by atomic mass is 32.2. The van der Waals surface area contributed by atoms with Crippen molar-refractivity contribution in [1.29, 1.82) is 0 Å². The second-order valence-electron chi connectivity index (χ2n) is 8.49. The van der Waals surface area contributed by atoms with E-state index in [1.54, 1.807) is 36.0 Å². The highest BCUT2D eigenvalue weighted by Gasteiger charge is 2.49. The number of nitrogens with zero attached hydrogens (tertiary/aromatic N) is 2. The van der Waals surface area contributed by atoms with Crippen molar-refractivity contribution in [3.63, 3.8) is 0 Å². The van der Waals surface area contributed by atoms with Gasteiger partial charge in [0.25, 0.3) is 0 Å². The van der Waals surface area contributed by atoms with Gasteiger partial charge in [0, 0.05) is 6.04 Å². The maximum absolute atomic E-state index is 13.5. The van der Waals surface area contributed by atoms with Crippen LogP contribution in [0.4, 0.5) is 5.69 Å². The molecule has 1 N–H and O–H groups in total. The summed E-state index contributed by atoms with van der Waals surface area (Å²) in [6.07, 6.45) is 5.48. The van der Waals surface area contributed by atoms with Gasteiger partial charge in [0.15, 0.2) is 5.17 Å². The summed E-state index contributed by atoms with van der Waals surface area (Å²) in [7, 11) is 0. The first-order chi connectivity index (χ1) is 14.6. The van der Waals surface area contributed by atoms with E-state index in [4.69, 9.17) is 10.1 Å². The van der Waals surface area contributed by atoms with Crippen molar-refractivity contribution in [2.75, 3.05) is 0 Å². The zero-order valence-electron chi connectivity index (χ0n) is 16.6. The Morgan fingerprint density at radius 3 is 2.47 bits per heavy atom. The Balaban J connectivity index is 1.44. The molecule has 1 aliphatic heterocycles. The molecule has 6 heteroatoms. The average molecular weight is 421 g/mol. The quantitative estimate of drug-likeness (QED) is 0.758. The van der Waals surface area contributed by atoms with E-state index in [-0.39, 0.29) is 22.8 Å². The van der Waals surface area contributed by atoms with Gasteiger partial charge >= 0.3 is 5.97 Å². The van der Waals surface area contributed by atoms with Crippen molar-refractivity contribution in [2.45, 2.75) is 43.4 Å². The minimum Gasteiger partial charge on any atom is -0.478 e. The zero-order chi connectivity index (χ0) is 20.7. The van der Waals surface area contributed by atoms with E-state index in [0.29, 0.717) is 18.0 Å². The fraction of sp³-hybridized carbons (Fsp3) is 0.375. The number of carboxylic acids is 1. The molecule has 0 spiro atoms. The van der Waals surface area contributed by atoms with E-state index < -0.39 is 5.97 Å². The number of carboxylic acid groups (broad SMARTS) is 1. The maximum Gasteiger partial charge on any atom is 0.335 e. The van der Waals surface area contributed by atoms with Gasteiger partial charge in [-0.05, 0) is 67.3 Å². The number of thioether (sulfide) groups is 1. The molecule has 1 saturated heterocycles. The van der Waals surface area contributed by atoms with Gasteiger partial charge in [-0.1, -0.05) is 48.5 Å². The maximum atomic E-state index is 13.5. The first-order valence-corrected chi connectivity index (χ1v) is 11.4. The van der Waals surface area contributed by atoms with Crippen LogP contribution in [-0.2, 0) is 11.2 Å². The third-order valence-corrected chi connectivity index (χ3v) is 7.75. The van der Waals surface area contributed by atoms with Crippen LogP contribution < -0.4 is 0 Å². The molecule has 0 aromatic heterocycles. The first kappa shape index (κ1) is 19.4. The van der Waals surface area contributed by atoms with Crippen LogP contribution >= 0.6 is 11.8 Å². The molecule has 2 aliphatic carbocycles. The highest BCUT2D eigenvalue weighted by Crippen LogP contribution is 2.49. The van der Waals surface area contributed by atoms with E-state index >= 15 is 0 Å². The summed E-state index contributed by atoms with van der Waals surface area (Å²) >= 11 is 1.55. The number of aliphatic imine (C=N–C) groups is 1. The predicted molar refractivity (Wildman–Crippen MR) is 118 cm³/mol. The number of amidine groups is 1. The molecule has 3 aliphatic rings. The number of hydrogen-bond donors (Lipinski definition) is 1. The molecule has 2 aromatic rings. The number of benzene rings is 2. The SMILES string of the molecule is O=C(O)c1ccc(N=C2S[C@@H](Cc3ccccc3)C(=O)N2[C@H]2C[C@H]3CC[C@H]2C3)cc1. The van der Waals surface area contributed by atoms with Crippen LogP contribution in [0.1, 0.15) is 41.6 Å². The molecular formula is C24H24N2O3S. The summed E-state index contributed by atoms with van der Waals surface area (Å²) < 4.78 is 0. The van der Waals surface area contributed by atoms with Gasteiger partial charge in [0.05, 0.1) is 16.5 Å². The third-order valence-electron chi connectivity index (χ3n) is 6.60. The second-order valence-corrected chi connectivity index (χ2v) is 9.66. The molecule has 30 heavy (non-hydrogen) atoms. The van der Waals surface area contributed by atoms with Crippen molar-refractivity contribution in [2.24, 2.45) is 16.8 Å². The summed E-state index contributed by atoms with van der Waals surface area (Å²) in [4.78, 5) is 31.4. The zero-order valence-corrected chi connectivity index (χ0v) is 17.4. The second kappa shape index (κ2) is 7.91. The lowest BCUT2D eigenvalue weighted by Crippen LogP contribution is -2.44. The molecule has 2 aromatic carbocycles. The monoisotopic (exact) mass is 420 g/mol. The third kappa shape index (κ3) is 3.65. The molecule has 2 saturated carbocycles. The van der Waals surface area contributed by atoms with Crippen molar-refractivity contribution >= 4 is 34.5 Å². The van der Waals surface area contributed by atoms with Gasteiger partial charge in [0.1, 0.15) is 0 Å². The summed E-state index contributed by atoms with van der Waals surface area (Å²) in [5.41, 5.74) is 2.08. The Bertz CT molecular complexity index is 989. The van der Waals surface area contributed by atoms with Gasteiger partial charge in [-0.2, -0.15) is 0 Å². The molecule has 1 amide bonds. The molecule has 0 unspecified atom stereocenters. The minimum absolute atomic E-state index is 0.163. The van der Waals surface area contributed by atoms with Crippen molar-refractivity contribution < 1.29 is 14.7 Å². The summed E-state index contributed by atoms with van der Waals surface area (Å²) in [5, 5.41) is 9.72. The van der Waals surface area contributed by atoms with Crippen LogP contribution in [0.2, 0.25) is 0 Å². The number of rotatable bonds is 5. The Hall–Kier alpha value is -2.60. The first-order valence-electron chi connectivity index (χ1n) is 10.5. The molecule has 4 atom stereocenters. The van der Waals surface area contributed by atoms with Crippen LogP contribution in [-0.4, -0.2) is 38.3 Å². The van der Waals surface area contributed by atoms with Gasteiger partial charge in [-0.3, -0.25) is 9.69 Å². The summed E-state index contributed by atoms with van der Waals surface area (Å²) in [5.74, 6) is 0.533. The molecule has 1 heterocycles. The summed E-state index contributed by atoms with van der Waals surface area (Å²) in [6.45, 7) is 0. The lowest BCUT2D eigenvalue weighted by Gasteiger charge is -2.31. The Labute approximate surface area is 180 Å². The van der Waals surface area contributed by atoms with E-state index in [1.807, 2.05) is 23.1 Å². The van der Waals surface area contributed by atoms with Gasteiger partial charge in [-0.15, -0.1) is 0 Å². The predicted octanol–water partition coefficient (Wildman–Crippen LogP) is 4.75. The number of carbonyl (C=O) groups is 2. The topological polar surface area (TPSA) is 70.0 Å². The van der Waals surface area contributed by atoms with E-state index in [0.717, 1.165) is 23.1 Å². The Kier molecular flexibility index (Phi) is 5.11. The van der Waals surface area contributed by atoms with Gasteiger partial charge in [0.2, 0.25) is 5.91 Å². The van der Waals surface area contributed by atoms with E-state index in [1.165, 1.54) is 19.3 Å². The molecule has 3 fully saturated rings. The van der Waals surface area contributed by atoms with Gasteiger partial charge < -0.3 is 5.11 Å². The van der Waals surface area contributed by atoms with Crippen molar-refractivity contribution in [3.8, 4) is 0 Å². The molecular weight excluding hydrogens is 396 g/mol. The Morgan fingerprint density at radius 1 is 1.07 bits per heavy atom. The average Bonchev–Trinajstić information content (AvgIpc) is 3.45. The molecule has 154 valence electrons. The molecule has 5 nitrogen and oxygen atoms in total. The number of carbonyl (C=O) groups excluding carboxylic acids is 1. The Morgan fingerprint density at radius 2 is 1.83 bits per heavy atom. The lowest BCUT2D eigenvalue weighted by molar-refractivity contribution is -0.128. The number of aromatic carboxylic acids is 1. The largest absolute Gasteiger partial charge is 0.478 e. The lowest BCUT2D eigenvalue weighted by atomic mass is 9.94. The van der Waals surface area contributed by atoms with Crippen LogP contribution in [0.3, 0.4) is 0 Å². The highest BCUT2D eigenvalue weighted by molar-refractivity contribution is 8.15. The number of amides is 1. The summed E-state index contributed by atoms with van der Waals surface area (Å²) in [6, 6.07) is 16.9. The molecule has 0 radical (unpaired) electrons. The fourth-order valence-electron chi connectivity index (χ4n) is 5.14. The van der Waals surface area contributed by atoms with Crippen LogP contribution in [0, 0.1) is 11.8 Å². The van der Waals surface area contributed by atoms with E-state index in [9.17, 15) is 9.59 Å². The fourth-order valence-corrected chi connectivity index (χ4v) is 6.38. The van der Waals surface area contributed by atoms with Crippen molar-refractivity contribution in [1.82, 2.24) is 4.90 Å². The number of fused-ring (bicyclic) bond motifs is 2. The normalized spacial score (nSPS) is 29.1. The van der Waals surface area contributed by atoms with Crippen LogP contribution in [0.15, 0.2) is 59.6 Å². The smallest absolute Gasteiger partial charge is 0.335 e. The van der Waals surface area contributed by atoms with Crippen LogP contribution in [0.5, 0.6) is 0 Å². The van der Waals surface area contributed by atoms with Crippen LogP contribution in [0.25, 0.3) is 0 Å². The van der Waals surface area contributed by atoms with Gasteiger partial charge in [-0.25, -0.2) is 9.79 Å². The van der Waals surface area contributed by atoms with Crippen molar-refractivity contribution in [3.05, 3.63) is 65.7 Å². The number of hydrogen-bond acceptors (Lipinski definition) is 4. The minimum atomic E-state index is -0.953. The standard InChI is InChI=1S/C24H24N2O3S/c27-22-21(14-15-4-2-1-3-5-15)30-24(25-19-10-8-17(9-11-19)23(28)29)26(22)20-13-16-6-7-18(20)12-16/h1-5,8-11,16,18,20-21H,6-7,12-14H2,(H,28,29)/t16-,18-,20-,21-/m0/s1.